The Bertz CT molecular complexity index is 427. The van der Waals surface area contributed by atoms with Crippen LogP contribution in [0.2, 0.25) is 0 Å². The standard InChI is InChI=1S/C18H32N4/c1-3-5-7-9-15-16(10-8-6-4-2)22-18(14-21-15)17-13-19-11-12-20-17/h14,17,19-20H,3-13H2,1-2H3. The minimum absolute atomic E-state index is 0.316. The second-order valence-corrected chi connectivity index (χ2v) is 6.31. The van der Waals surface area contributed by atoms with Gasteiger partial charge in [-0.15, -0.1) is 0 Å². The molecule has 0 aliphatic carbocycles. The summed E-state index contributed by atoms with van der Waals surface area (Å²) >= 11 is 0. The zero-order chi connectivity index (χ0) is 15.6. The Morgan fingerprint density at radius 3 is 2.36 bits per heavy atom. The highest BCUT2D eigenvalue weighted by atomic mass is 15.1. The highest BCUT2D eigenvalue weighted by molar-refractivity contribution is 5.17. The third-order valence-corrected chi connectivity index (χ3v) is 4.38. The first-order valence-corrected chi connectivity index (χ1v) is 9.14. The Morgan fingerprint density at radius 1 is 1.00 bits per heavy atom. The highest BCUT2D eigenvalue weighted by Gasteiger charge is 2.17. The number of aryl methyl sites for hydroxylation is 2. The van der Waals surface area contributed by atoms with Gasteiger partial charge in [-0.05, 0) is 25.7 Å². The number of nitrogens with zero attached hydrogens (tertiary/aromatic N) is 2. The van der Waals surface area contributed by atoms with Gasteiger partial charge in [-0.3, -0.25) is 9.97 Å². The summed E-state index contributed by atoms with van der Waals surface area (Å²) in [4.78, 5) is 9.76. The number of hydrogen-bond acceptors (Lipinski definition) is 4. The maximum atomic E-state index is 4.98. The summed E-state index contributed by atoms with van der Waals surface area (Å²) in [5.41, 5.74) is 3.59. The number of rotatable bonds is 9. The second-order valence-electron chi connectivity index (χ2n) is 6.31. The van der Waals surface area contributed by atoms with Crippen LogP contribution in [0, 0.1) is 0 Å². The van der Waals surface area contributed by atoms with E-state index in [2.05, 4.69) is 24.5 Å². The summed E-state index contributed by atoms with van der Waals surface area (Å²) in [6.07, 6.45) is 11.7. The molecule has 2 N–H and O–H groups in total. The normalized spacial score (nSPS) is 18.5. The molecule has 1 unspecified atom stereocenters. The van der Waals surface area contributed by atoms with E-state index >= 15 is 0 Å². The van der Waals surface area contributed by atoms with Gasteiger partial charge in [0.1, 0.15) is 0 Å². The predicted octanol–water partition coefficient (Wildman–Crippen LogP) is 3.18. The maximum Gasteiger partial charge on any atom is 0.0772 e. The van der Waals surface area contributed by atoms with Gasteiger partial charge in [-0.2, -0.15) is 0 Å². The Kier molecular flexibility index (Phi) is 7.81. The monoisotopic (exact) mass is 304 g/mol. The summed E-state index contributed by atoms with van der Waals surface area (Å²) in [6.45, 7) is 7.51. The molecule has 0 saturated carbocycles. The molecule has 1 aromatic rings. The molecule has 4 nitrogen and oxygen atoms in total. The van der Waals surface area contributed by atoms with Crippen LogP contribution in [0.15, 0.2) is 6.20 Å². The first-order valence-electron chi connectivity index (χ1n) is 9.14. The quantitative estimate of drug-likeness (QED) is 0.688. The molecule has 1 aliphatic rings. The van der Waals surface area contributed by atoms with Gasteiger partial charge in [-0.1, -0.05) is 39.5 Å². The largest absolute Gasteiger partial charge is 0.314 e. The Balaban J connectivity index is 2.06. The molecule has 1 fully saturated rings. The predicted molar refractivity (Wildman–Crippen MR) is 92.1 cm³/mol. The lowest BCUT2D eigenvalue weighted by atomic mass is 10.1. The van der Waals surface area contributed by atoms with Crippen LogP contribution in [-0.4, -0.2) is 29.6 Å². The number of nitrogens with one attached hydrogen (secondary N) is 2. The molecule has 1 atom stereocenters. The van der Waals surface area contributed by atoms with Gasteiger partial charge in [0.25, 0.3) is 0 Å². The van der Waals surface area contributed by atoms with Crippen LogP contribution in [0.3, 0.4) is 0 Å². The highest BCUT2D eigenvalue weighted by Crippen LogP contribution is 2.17. The van der Waals surface area contributed by atoms with Crippen molar-refractivity contribution in [2.24, 2.45) is 0 Å². The topological polar surface area (TPSA) is 49.8 Å². The fraction of sp³-hybridized carbons (Fsp3) is 0.778. The Morgan fingerprint density at radius 2 is 1.73 bits per heavy atom. The average Bonchev–Trinajstić information content (AvgIpc) is 2.57. The Labute approximate surface area is 135 Å². The van der Waals surface area contributed by atoms with Gasteiger partial charge in [0.15, 0.2) is 0 Å². The van der Waals surface area contributed by atoms with E-state index in [0.717, 1.165) is 38.2 Å². The summed E-state index contributed by atoms with van der Waals surface area (Å²) in [7, 11) is 0. The molecule has 0 spiro atoms. The molecule has 1 aliphatic heterocycles. The van der Waals surface area contributed by atoms with E-state index in [1.54, 1.807) is 0 Å². The Hall–Kier alpha value is -1.00. The van der Waals surface area contributed by atoms with Crippen molar-refractivity contribution in [3.8, 4) is 0 Å². The number of hydrogen-bond donors (Lipinski definition) is 2. The molecule has 0 amide bonds. The molecular formula is C18H32N4. The van der Waals surface area contributed by atoms with Crippen molar-refractivity contribution >= 4 is 0 Å². The molecule has 2 rings (SSSR count). The van der Waals surface area contributed by atoms with Gasteiger partial charge in [-0.25, -0.2) is 0 Å². The molecule has 0 radical (unpaired) electrons. The van der Waals surface area contributed by atoms with Gasteiger partial charge in [0, 0.05) is 19.6 Å². The smallest absolute Gasteiger partial charge is 0.0772 e. The minimum atomic E-state index is 0.316. The zero-order valence-electron chi connectivity index (χ0n) is 14.3. The van der Waals surface area contributed by atoms with Crippen LogP contribution < -0.4 is 10.6 Å². The average molecular weight is 304 g/mol. The molecule has 1 saturated heterocycles. The fourth-order valence-electron chi connectivity index (χ4n) is 2.99. The van der Waals surface area contributed by atoms with Crippen LogP contribution in [0.25, 0.3) is 0 Å². The SMILES string of the molecule is CCCCCc1ncc(C2CNCCN2)nc1CCCCC. The van der Waals surface area contributed by atoms with Crippen LogP contribution >= 0.6 is 0 Å². The van der Waals surface area contributed by atoms with Crippen molar-refractivity contribution in [2.75, 3.05) is 19.6 Å². The van der Waals surface area contributed by atoms with E-state index in [1.165, 1.54) is 49.9 Å². The molecular weight excluding hydrogens is 272 g/mol. The molecule has 2 heterocycles. The van der Waals surface area contributed by atoms with Crippen molar-refractivity contribution in [2.45, 2.75) is 71.3 Å². The van der Waals surface area contributed by atoms with Gasteiger partial charge < -0.3 is 10.6 Å². The van der Waals surface area contributed by atoms with Crippen molar-refractivity contribution in [3.05, 3.63) is 23.3 Å². The van der Waals surface area contributed by atoms with E-state index in [4.69, 9.17) is 9.97 Å². The third kappa shape index (κ3) is 5.33. The first kappa shape index (κ1) is 17.4. The lowest BCUT2D eigenvalue weighted by Gasteiger charge is -2.24. The zero-order valence-corrected chi connectivity index (χ0v) is 14.3. The fourth-order valence-corrected chi connectivity index (χ4v) is 2.99. The van der Waals surface area contributed by atoms with Gasteiger partial charge >= 0.3 is 0 Å². The van der Waals surface area contributed by atoms with Crippen LogP contribution in [0.4, 0.5) is 0 Å². The summed E-state index contributed by atoms with van der Waals surface area (Å²) in [6, 6.07) is 0.316. The number of aromatic nitrogens is 2. The number of unbranched alkanes of at least 4 members (excludes halogenated alkanes) is 4. The molecule has 4 heteroatoms. The second kappa shape index (κ2) is 9.90. The lowest BCUT2D eigenvalue weighted by Crippen LogP contribution is -2.43. The van der Waals surface area contributed by atoms with E-state index in [0.29, 0.717) is 6.04 Å². The summed E-state index contributed by atoms with van der Waals surface area (Å²) < 4.78 is 0. The lowest BCUT2D eigenvalue weighted by molar-refractivity contribution is 0.420. The molecule has 124 valence electrons. The van der Waals surface area contributed by atoms with E-state index in [9.17, 15) is 0 Å². The molecule has 1 aromatic heterocycles. The first-order chi connectivity index (χ1) is 10.8. The molecule has 0 bridgehead atoms. The molecule has 0 aromatic carbocycles. The summed E-state index contributed by atoms with van der Waals surface area (Å²) in [5.74, 6) is 0. The summed E-state index contributed by atoms with van der Waals surface area (Å²) in [5, 5.41) is 6.97. The third-order valence-electron chi connectivity index (χ3n) is 4.38. The van der Waals surface area contributed by atoms with E-state index in [1.807, 2.05) is 6.20 Å². The molecule has 22 heavy (non-hydrogen) atoms. The van der Waals surface area contributed by atoms with Crippen molar-refractivity contribution in [1.29, 1.82) is 0 Å². The van der Waals surface area contributed by atoms with Crippen molar-refractivity contribution in [3.63, 3.8) is 0 Å². The van der Waals surface area contributed by atoms with Crippen molar-refractivity contribution < 1.29 is 0 Å². The maximum absolute atomic E-state index is 4.98. The van der Waals surface area contributed by atoms with Gasteiger partial charge in [0.05, 0.1) is 29.3 Å². The minimum Gasteiger partial charge on any atom is -0.314 e. The van der Waals surface area contributed by atoms with Gasteiger partial charge in [0.2, 0.25) is 0 Å². The number of piperazine rings is 1. The van der Waals surface area contributed by atoms with Crippen molar-refractivity contribution in [1.82, 2.24) is 20.6 Å². The van der Waals surface area contributed by atoms with Crippen LogP contribution in [-0.2, 0) is 12.8 Å². The van der Waals surface area contributed by atoms with Crippen LogP contribution in [0.5, 0.6) is 0 Å². The van der Waals surface area contributed by atoms with Crippen LogP contribution in [0.1, 0.15) is 75.5 Å². The van der Waals surface area contributed by atoms with E-state index < -0.39 is 0 Å². The van der Waals surface area contributed by atoms with E-state index in [-0.39, 0.29) is 0 Å².